The monoisotopic (exact) mass is 633 g/mol. The summed E-state index contributed by atoms with van der Waals surface area (Å²) >= 11 is 0. The summed E-state index contributed by atoms with van der Waals surface area (Å²) in [6, 6.07) is 11.7. The minimum Gasteiger partial charge on any atom is -0.748 e. The molecule has 12 heteroatoms. The Balaban J connectivity index is 1.36. The molecule has 236 valence electrons. The standard InChI is InChI=1S/C32H33F3O8S/c1-29(2,11-10-21-6-4-3-5-7-21)42-26-15-24(8-9-25(26)32(33,34)35)27(36)43-31-18-22-14-23(19-31)17-30(16-22,20-31)28(37)41-12-13-44(38,39)40/h3-9,15,22-23H,12-14,16-20H2,1-2H3,(H,38,39,40)/p-1. The van der Waals surface area contributed by atoms with Gasteiger partial charge in [0, 0.05) is 12.0 Å². The Kier molecular flexibility index (Phi) is 8.27. The maximum Gasteiger partial charge on any atom is 0.419 e. The molecule has 0 radical (unpaired) electrons. The third kappa shape index (κ3) is 7.21. The van der Waals surface area contributed by atoms with E-state index in [1.54, 1.807) is 24.3 Å². The van der Waals surface area contributed by atoms with Crippen molar-refractivity contribution in [3.63, 3.8) is 0 Å². The Morgan fingerprint density at radius 2 is 1.68 bits per heavy atom. The van der Waals surface area contributed by atoms with Gasteiger partial charge < -0.3 is 18.8 Å². The van der Waals surface area contributed by atoms with Crippen molar-refractivity contribution in [3.05, 3.63) is 65.2 Å². The molecule has 0 aliphatic heterocycles. The van der Waals surface area contributed by atoms with Crippen molar-refractivity contribution in [1.29, 1.82) is 0 Å². The number of ether oxygens (including phenoxy) is 3. The molecule has 2 aromatic rings. The fourth-order valence-electron chi connectivity index (χ4n) is 7.19. The molecule has 0 heterocycles. The quantitative estimate of drug-likeness (QED) is 0.213. The van der Waals surface area contributed by atoms with E-state index in [0.717, 1.165) is 24.6 Å². The van der Waals surface area contributed by atoms with E-state index in [1.807, 2.05) is 6.07 Å². The summed E-state index contributed by atoms with van der Waals surface area (Å²) in [5.41, 5.74) is -3.93. The maximum atomic E-state index is 13.9. The molecule has 4 saturated carbocycles. The number of halogens is 3. The number of alkyl halides is 3. The van der Waals surface area contributed by atoms with Crippen molar-refractivity contribution >= 4 is 22.1 Å². The smallest absolute Gasteiger partial charge is 0.419 e. The van der Waals surface area contributed by atoms with E-state index in [9.17, 15) is 35.7 Å². The van der Waals surface area contributed by atoms with E-state index in [2.05, 4.69) is 11.8 Å². The first kappa shape index (κ1) is 31.9. The van der Waals surface area contributed by atoms with E-state index >= 15 is 0 Å². The van der Waals surface area contributed by atoms with Crippen LogP contribution in [0.15, 0.2) is 48.5 Å². The van der Waals surface area contributed by atoms with E-state index in [4.69, 9.17) is 14.2 Å². The number of hydrogen-bond donors (Lipinski definition) is 0. The van der Waals surface area contributed by atoms with Gasteiger partial charge in [-0.25, -0.2) is 13.2 Å². The second-order valence-corrected chi connectivity index (χ2v) is 14.2. The van der Waals surface area contributed by atoms with Crippen LogP contribution in [0.5, 0.6) is 5.75 Å². The second-order valence-electron chi connectivity index (χ2n) is 12.6. The molecule has 8 nitrogen and oxygen atoms in total. The van der Waals surface area contributed by atoms with E-state index in [1.165, 1.54) is 13.8 Å². The Morgan fingerprint density at radius 1 is 1.02 bits per heavy atom. The van der Waals surface area contributed by atoms with Gasteiger partial charge in [-0.1, -0.05) is 30.0 Å². The second kappa shape index (κ2) is 11.4. The zero-order valence-corrected chi connectivity index (χ0v) is 25.1. The summed E-state index contributed by atoms with van der Waals surface area (Å²) < 4.78 is 91.7. The first-order valence-electron chi connectivity index (χ1n) is 14.3. The Bertz CT molecular complexity index is 1590. The van der Waals surface area contributed by atoms with Crippen LogP contribution in [-0.4, -0.2) is 48.5 Å². The average Bonchev–Trinajstić information content (AvgIpc) is 2.90. The molecule has 2 aromatic carbocycles. The molecule has 4 bridgehead atoms. The summed E-state index contributed by atoms with van der Waals surface area (Å²) in [5, 5.41) is 0. The van der Waals surface area contributed by atoms with Gasteiger partial charge in [0.2, 0.25) is 0 Å². The molecule has 0 amide bonds. The van der Waals surface area contributed by atoms with Crippen molar-refractivity contribution in [2.24, 2.45) is 17.3 Å². The molecule has 4 aliphatic carbocycles. The van der Waals surface area contributed by atoms with Gasteiger partial charge in [0.25, 0.3) is 0 Å². The van der Waals surface area contributed by atoms with E-state index in [-0.39, 0.29) is 23.8 Å². The highest BCUT2D eigenvalue weighted by Crippen LogP contribution is 2.63. The number of carbonyl (C=O) groups excluding carboxylic acids is 2. The fraction of sp³-hybridized carbons (Fsp3) is 0.500. The van der Waals surface area contributed by atoms with Crippen LogP contribution in [-0.2, 0) is 30.6 Å². The molecule has 2 atom stereocenters. The molecule has 6 rings (SSSR count). The Labute approximate surface area is 254 Å². The molecule has 4 fully saturated rings. The van der Waals surface area contributed by atoms with Crippen LogP contribution < -0.4 is 4.74 Å². The normalized spacial score (nSPS) is 26.0. The van der Waals surface area contributed by atoms with Crippen LogP contribution in [0.2, 0.25) is 0 Å². The molecule has 0 aromatic heterocycles. The highest BCUT2D eigenvalue weighted by Gasteiger charge is 2.63. The van der Waals surface area contributed by atoms with Gasteiger partial charge in [0.1, 0.15) is 18.0 Å². The van der Waals surface area contributed by atoms with Gasteiger partial charge in [0.05, 0.1) is 32.4 Å². The SMILES string of the molecule is CC(C)(C#Cc1ccccc1)Oc1cc(C(=O)OC23CC4CC(C2)CC(C(=O)OCCS(=O)(=O)[O-])(C4)C3)ccc1C(F)(F)F. The Morgan fingerprint density at radius 3 is 2.30 bits per heavy atom. The number of rotatable bonds is 8. The molecule has 0 N–H and O–H groups in total. The average molecular weight is 634 g/mol. The number of hydrogen-bond acceptors (Lipinski definition) is 8. The summed E-state index contributed by atoms with van der Waals surface area (Å²) in [6.07, 6.45) is -1.82. The van der Waals surface area contributed by atoms with Gasteiger partial charge >= 0.3 is 18.1 Å². The lowest BCUT2D eigenvalue weighted by Gasteiger charge is -2.59. The van der Waals surface area contributed by atoms with E-state index in [0.29, 0.717) is 31.2 Å². The summed E-state index contributed by atoms with van der Waals surface area (Å²) in [4.78, 5) is 26.6. The lowest BCUT2D eigenvalue weighted by Crippen LogP contribution is -2.60. The third-order valence-electron chi connectivity index (χ3n) is 8.49. The zero-order chi connectivity index (χ0) is 32.0. The van der Waals surface area contributed by atoms with Crippen molar-refractivity contribution in [2.75, 3.05) is 12.4 Å². The first-order valence-corrected chi connectivity index (χ1v) is 15.9. The highest BCUT2D eigenvalue weighted by atomic mass is 32.2. The van der Waals surface area contributed by atoms with Crippen molar-refractivity contribution in [3.8, 4) is 17.6 Å². The number of benzene rings is 2. The molecule has 4 aliphatic rings. The zero-order valence-electron chi connectivity index (χ0n) is 24.2. The van der Waals surface area contributed by atoms with Gasteiger partial charge in [0.15, 0.2) is 5.60 Å². The van der Waals surface area contributed by atoms with Crippen LogP contribution in [0.25, 0.3) is 0 Å². The Hall–Kier alpha value is -3.56. The predicted molar refractivity (Wildman–Crippen MR) is 150 cm³/mol. The molecule has 2 unspecified atom stereocenters. The third-order valence-corrected chi connectivity index (χ3v) is 9.15. The van der Waals surface area contributed by atoms with Gasteiger partial charge in [-0.2, -0.15) is 13.2 Å². The van der Waals surface area contributed by atoms with E-state index < -0.39 is 68.5 Å². The van der Waals surface area contributed by atoms with Gasteiger partial charge in [-0.3, -0.25) is 4.79 Å². The van der Waals surface area contributed by atoms with Gasteiger partial charge in [-0.15, -0.1) is 0 Å². The molecule has 0 saturated heterocycles. The van der Waals surface area contributed by atoms with Crippen LogP contribution in [0.3, 0.4) is 0 Å². The van der Waals surface area contributed by atoms with Crippen LogP contribution in [0, 0.1) is 29.1 Å². The number of esters is 2. The minimum atomic E-state index is -4.77. The summed E-state index contributed by atoms with van der Waals surface area (Å²) in [5.74, 6) is 2.95. The van der Waals surface area contributed by atoms with Crippen molar-refractivity contribution in [1.82, 2.24) is 0 Å². The summed E-state index contributed by atoms with van der Waals surface area (Å²) in [6.45, 7) is 2.48. The minimum absolute atomic E-state index is 0.0512. The van der Waals surface area contributed by atoms with Crippen molar-refractivity contribution < 1.29 is 49.9 Å². The van der Waals surface area contributed by atoms with Crippen LogP contribution >= 0.6 is 0 Å². The lowest BCUT2D eigenvalue weighted by molar-refractivity contribution is -0.196. The van der Waals surface area contributed by atoms with Crippen LogP contribution in [0.1, 0.15) is 73.9 Å². The van der Waals surface area contributed by atoms with Gasteiger partial charge in [-0.05, 0) is 88.1 Å². The molecule has 44 heavy (non-hydrogen) atoms. The maximum absolute atomic E-state index is 13.9. The number of carbonyl (C=O) groups is 2. The first-order chi connectivity index (χ1) is 20.5. The largest absolute Gasteiger partial charge is 0.748 e. The molecule has 0 spiro atoms. The summed E-state index contributed by atoms with van der Waals surface area (Å²) in [7, 11) is -4.56. The van der Waals surface area contributed by atoms with Crippen molar-refractivity contribution in [2.45, 2.75) is 69.8 Å². The lowest BCUT2D eigenvalue weighted by atomic mass is 9.48. The highest BCUT2D eigenvalue weighted by molar-refractivity contribution is 7.85. The fourth-order valence-corrected chi connectivity index (χ4v) is 7.48. The topological polar surface area (TPSA) is 119 Å². The molecular formula is C32H32F3O8S-. The van der Waals surface area contributed by atoms with Crippen LogP contribution in [0.4, 0.5) is 13.2 Å². The predicted octanol–water partition coefficient (Wildman–Crippen LogP) is 5.50. The molecular weight excluding hydrogens is 601 g/mol.